The molecular formula is C14H7Cl2NO3. The molecule has 0 atom stereocenters. The van der Waals surface area contributed by atoms with E-state index in [9.17, 15) is 9.59 Å². The van der Waals surface area contributed by atoms with E-state index in [0.29, 0.717) is 21.1 Å². The van der Waals surface area contributed by atoms with E-state index in [-0.39, 0.29) is 16.9 Å². The Bertz CT molecular complexity index is 880. The fraction of sp³-hybridized carbons (Fsp3) is 0. The van der Waals surface area contributed by atoms with E-state index in [1.54, 1.807) is 24.3 Å². The second-order valence-corrected chi connectivity index (χ2v) is 5.00. The maximum Gasteiger partial charge on any atom is 0.417 e. The van der Waals surface area contributed by atoms with Crippen molar-refractivity contribution in [2.24, 2.45) is 0 Å². The second kappa shape index (κ2) is 4.81. The van der Waals surface area contributed by atoms with Crippen LogP contribution >= 0.6 is 23.2 Å². The molecule has 0 unspecified atom stereocenters. The van der Waals surface area contributed by atoms with Gasteiger partial charge in [0, 0.05) is 10.6 Å². The lowest BCUT2D eigenvalue weighted by molar-refractivity contribution is 0.103. The molecule has 4 nitrogen and oxygen atoms in total. The van der Waals surface area contributed by atoms with Crippen LogP contribution < -0.4 is 5.76 Å². The van der Waals surface area contributed by atoms with Crippen LogP contribution in [0.25, 0.3) is 11.1 Å². The molecular weight excluding hydrogens is 301 g/mol. The Hall–Kier alpha value is -2.04. The van der Waals surface area contributed by atoms with Crippen molar-refractivity contribution in [3.05, 3.63) is 68.1 Å². The van der Waals surface area contributed by atoms with Gasteiger partial charge in [0.2, 0.25) is 0 Å². The molecule has 0 aliphatic rings. The van der Waals surface area contributed by atoms with E-state index >= 15 is 0 Å². The summed E-state index contributed by atoms with van der Waals surface area (Å²) in [5.41, 5.74) is 1.06. The molecule has 0 aliphatic heterocycles. The summed E-state index contributed by atoms with van der Waals surface area (Å²) in [6.07, 6.45) is 0. The lowest BCUT2D eigenvalue weighted by Crippen LogP contribution is -2.02. The van der Waals surface area contributed by atoms with Crippen molar-refractivity contribution in [3.8, 4) is 0 Å². The number of hydrogen-bond acceptors (Lipinski definition) is 3. The molecule has 0 amide bonds. The van der Waals surface area contributed by atoms with Gasteiger partial charge in [-0.2, -0.15) is 0 Å². The highest BCUT2D eigenvalue weighted by Crippen LogP contribution is 2.26. The van der Waals surface area contributed by atoms with Crippen LogP contribution in [0, 0.1) is 0 Å². The van der Waals surface area contributed by atoms with Crippen molar-refractivity contribution in [1.82, 2.24) is 4.98 Å². The molecule has 1 aromatic heterocycles. The number of hydrogen-bond donors (Lipinski definition) is 1. The van der Waals surface area contributed by atoms with Crippen molar-refractivity contribution >= 4 is 40.1 Å². The number of carbonyl (C=O) groups is 1. The highest BCUT2D eigenvalue weighted by Gasteiger charge is 2.19. The fourth-order valence-electron chi connectivity index (χ4n) is 1.98. The summed E-state index contributed by atoms with van der Waals surface area (Å²) in [4.78, 5) is 26.3. The van der Waals surface area contributed by atoms with E-state index in [1.807, 2.05) is 0 Å². The van der Waals surface area contributed by atoms with Gasteiger partial charge in [-0.3, -0.25) is 9.78 Å². The Morgan fingerprint density at radius 3 is 2.60 bits per heavy atom. The van der Waals surface area contributed by atoms with E-state index < -0.39 is 5.76 Å². The Morgan fingerprint density at radius 1 is 1.10 bits per heavy atom. The molecule has 1 N–H and O–H groups in total. The number of aromatic amines is 1. The van der Waals surface area contributed by atoms with Crippen LogP contribution in [-0.2, 0) is 0 Å². The molecule has 0 aliphatic carbocycles. The van der Waals surface area contributed by atoms with Crippen LogP contribution in [0.4, 0.5) is 0 Å². The monoisotopic (exact) mass is 307 g/mol. The van der Waals surface area contributed by atoms with Crippen molar-refractivity contribution in [2.75, 3.05) is 0 Å². The zero-order valence-corrected chi connectivity index (χ0v) is 11.5. The van der Waals surface area contributed by atoms with Gasteiger partial charge < -0.3 is 4.42 Å². The zero-order valence-electron chi connectivity index (χ0n) is 9.94. The van der Waals surface area contributed by atoms with Gasteiger partial charge in [-0.1, -0.05) is 35.3 Å². The third-order valence-corrected chi connectivity index (χ3v) is 3.40. The minimum Gasteiger partial charge on any atom is -0.407 e. The molecule has 2 aromatic carbocycles. The van der Waals surface area contributed by atoms with E-state index in [0.717, 1.165) is 0 Å². The predicted molar refractivity (Wildman–Crippen MR) is 76.7 cm³/mol. The predicted octanol–water partition coefficient (Wildman–Crippen LogP) is 3.66. The Balaban J connectivity index is 2.26. The maximum absolute atomic E-state index is 12.5. The number of oxazole rings is 1. The number of rotatable bonds is 2. The summed E-state index contributed by atoms with van der Waals surface area (Å²) < 4.78 is 5.00. The van der Waals surface area contributed by atoms with Crippen LogP contribution in [0.1, 0.15) is 15.9 Å². The molecule has 20 heavy (non-hydrogen) atoms. The number of nitrogens with one attached hydrogen (secondary N) is 1. The summed E-state index contributed by atoms with van der Waals surface area (Å²) in [5, 5.41) is 0.647. The topological polar surface area (TPSA) is 63.1 Å². The van der Waals surface area contributed by atoms with Crippen molar-refractivity contribution in [1.29, 1.82) is 0 Å². The van der Waals surface area contributed by atoms with Gasteiger partial charge in [-0.05, 0) is 24.3 Å². The summed E-state index contributed by atoms with van der Waals surface area (Å²) in [7, 11) is 0. The first kappa shape index (κ1) is 13.0. The largest absolute Gasteiger partial charge is 0.417 e. The molecule has 3 aromatic rings. The van der Waals surface area contributed by atoms with E-state index in [1.165, 1.54) is 12.1 Å². The van der Waals surface area contributed by atoms with Gasteiger partial charge in [-0.25, -0.2) is 4.79 Å². The number of aromatic nitrogens is 1. The maximum atomic E-state index is 12.5. The van der Waals surface area contributed by atoms with Gasteiger partial charge in [0.1, 0.15) is 0 Å². The van der Waals surface area contributed by atoms with Crippen LogP contribution in [0.2, 0.25) is 10.0 Å². The van der Waals surface area contributed by atoms with Crippen molar-refractivity contribution in [3.63, 3.8) is 0 Å². The highest BCUT2D eigenvalue weighted by molar-refractivity contribution is 6.36. The summed E-state index contributed by atoms with van der Waals surface area (Å²) in [6, 6.07) is 9.61. The minimum atomic E-state index is -0.643. The molecule has 0 radical (unpaired) electrons. The Kier molecular flexibility index (Phi) is 3.12. The summed E-state index contributed by atoms with van der Waals surface area (Å²) >= 11 is 12.0. The molecule has 0 bridgehead atoms. The third-order valence-electron chi connectivity index (χ3n) is 2.85. The van der Waals surface area contributed by atoms with Crippen LogP contribution in [-0.4, -0.2) is 10.8 Å². The Morgan fingerprint density at radius 2 is 1.85 bits per heavy atom. The number of halogens is 2. The normalized spacial score (nSPS) is 10.9. The summed E-state index contributed by atoms with van der Waals surface area (Å²) in [6.45, 7) is 0. The minimum absolute atomic E-state index is 0.171. The number of fused-ring (bicyclic) bond motifs is 1. The summed E-state index contributed by atoms with van der Waals surface area (Å²) in [5.74, 6) is -0.999. The quantitative estimate of drug-likeness (QED) is 0.735. The molecule has 0 saturated carbocycles. The van der Waals surface area contributed by atoms with Gasteiger partial charge >= 0.3 is 5.76 Å². The molecule has 3 rings (SSSR count). The SMILES string of the molecule is O=C(c1ccccc1Cl)c1cc(Cl)cc2[nH]c(=O)oc12. The average molecular weight is 308 g/mol. The smallest absolute Gasteiger partial charge is 0.407 e. The fourth-order valence-corrected chi connectivity index (χ4v) is 2.42. The van der Waals surface area contributed by atoms with Crippen LogP contribution in [0.15, 0.2) is 45.6 Å². The van der Waals surface area contributed by atoms with Gasteiger partial charge in [0.05, 0.1) is 16.1 Å². The molecule has 0 fully saturated rings. The van der Waals surface area contributed by atoms with E-state index in [2.05, 4.69) is 4.98 Å². The van der Waals surface area contributed by atoms with Crippen molar-refractivity contribution < 1.29 is 9.21 Å². The van der Waals surface area contributed by atoms with Crippen LogP contribution in [0.3, 0.4) is 0 Å². The lowest BCUT2D eigenvalue weighted by Gasteiger charge is -2.04. The second-order valence-electron chi connectivity index (χ2n) is 4.15. The third kappa shape index (κ3) is 2.13. The standard InChI is InChI=1S/C14H7Cl2NO3/c15-7-5-9(13-11(6-7)17-14(19)20-13)12(18)8-3-1-2-4-10(8)16/h1-6H,(H,17,19). The van der Waals surface area contributed by atoms with Crippen molar-refractivity contribution in [2.45, 2.75) is 0 Å². The molecule has 100 valence electrons. The molecule has 0 spiro atoms. The van der Waals surface area contributed by atoms with Crippen LogP contribution in [0.5, 0.6) is 0 Å². The molecule has 6 heteroatoms. The number of H-pyrrole nitrogens is 1. The van der Waals surface area contributed by atoms with Gasteiger partial charge in [0.15, 0.2) is 11.4 Å². The number of benzene rings is 2. The zero-order chi connectivity index (χ0) is 14.3. The Labute approximate surface area is 122 Å². The number of carbonyl (C=O) groups excluding carboxylic acids is 1. The average Bonchev–Trinajstić information content (AvgIpc) is 2.77. The lowest BCUT2D eigenvalue weighted by atomic mass is 10.0. The highest BCUT2D eigenvalue weighted by atomic mass is 35.5. The van der Waals surface area contributed by atoms with Gasteiger partial charge in [-0.15, -0.1) is 0 Å². The van der Waals surface area contributed by atoms with E-state index in [4.69, 9.17) is 27.6 Å². The van der Waals surface area contributed by atoms with Gasteiger partial charge in [0.25, 0.3) is 0 Å². The molecule has 0 saturated heterocycles. The molecule has 1 heterocycles. The first-order valence-corrected chi connectivity index (χ1v) is 6.43. The first-order chi connectivity index (χ1) is 9.56. The number of ketones is 1. The first-order valence-electron chi connectivity index (χ1n) is 5.68.